The third-order valence-corrected chi connectivity index (χ3v) is 1.84. The molecule has 0 radical (unpaired) electrons. The Bertz CT molecular complexity index is 368. The van der Waals surface area contributed by atoms with E-state index in [1.165, 1.54) is 0 Å². The molecule has 0 saturated heterocycles. The molecule has 2 nitrogen and oxygen atoms in total. The first-order valence-electron chi connectivity index (χ1n) is 3.60. The molecular formula is C9H7ClN2. The predicted octanol–water partition coefficient (Wildman–Crippen LogP) is 2.73. The molecule has 60 valence electrons. The Morgan fingerprint density at radius 1 is 1.25 bits per heavy atom. The van der Waals surface area contributed by atoms with Crippen molar-refractivity contribution in [3.8, 4) is 11.1 Å². The van der Waals surface area contributed by atoms with Crippen LogP contribution in [0.15, 0.2) is 36.9 Å². The van der Waals surface area contributed by atoms with Gasteiger partial charge in [0.2, 0.25) is 0 Å². The Hall–Kier alpha value is -1.28. The van der Waals surface area contributed by atoms with Crippen molar-refractivity contribution in [3.05, 3.63) is 41.9 Å². The highest BCUT2D eigenvalue weighted by Crippen LogP contribution is 2.20. The topological polar surface area (TPSA) is 28.7 Å². The van der Waals surface area contributed by atoms with Crippen LogP contribution in [-0.4, -0.2) is 9.97 Å². The van der Waals surface area contributed by atoms with Crippen LogP contribution in [0.2, 0.25) is 5.02 Å². The van der Waals surface area contributed by atoms with Gasteiger partial charge in [0.05, 0.1) is 5.02 Å². The van der Waals surface area contributed by atoms with Crippen LogP contribution in [0.1, 0.15) is 0 Å². The summed E-state index contributed by atoms with van der Waals surface area (Å²) in [6.07, 6.45) is 7.19. The summed E-state index contributed by atoms with van der Waals surface area (Å²) < 4.78 is 0. The van der Waals surface area contributed by atoms with Gasteiger partial charge in [-0.3, -0.25) is 4.98 Å². The van der Waals surface area contributed by atoms with E-state index in [-0.39, 0.29) is 0 Å². The number of pyridine rings is 1. The minimum absolute atomic E-state index is 0.661. The van der Waals surface area contributed by atoms with Crippen LogP contribution in [0, 0.1) is 0 Å². The normalized spacial score (nSPS) is 10.1. The number of aromatic nitrogens is 2. The van der Waals surface area contributed by atoms with Gasteiger partial charge >= 0.3 is 0 Å². The van der Waals surface area contributed by atoms with Gasteiger partial charge in [-0.05, 0) is 12.1 Å². The van der Waals surface area contributed by atoms with E-state index < -0.39 is 0 Å². The first-order chi connectivity index (χ1) is 5.86. The summed E-state index contributed by atoms with van der Waals surface area (Å²) in [5, 5.41) is 0.661. The third kappa shape index (κ3) is 1.34. The monoisotopic (exact) mass is 178 g/mol. The minimum Gasteiger partial charge on any atom is -0.367 e. The van der Waals surface area contributed by atoms with E-state index in [1.807, 2.05) is 24.5 Å². The number of halogens is 1. The maximum Gasteiger partial charge on any atom is 0.0595 e. The lowest BCUT2D eigenvalue weighted by atomic mass is 10.2. The van der Waals surface area contributed by atoms with Gasteiger partial charge in [-0.1, -0.05) is 11.6 Å². The van der Waals surface area contributed by atoms with Gasteiger partial charge in [0.25, 0.3) is 0 Å². The highest BCUT2D eigenvalue weighted by atomic mass is 35.5. The van der Waals surface area contributed by atoms with E-state index in [0.717, 1.165) is 11.1 Å². The second kappa shape index (κ2) is 2.99. The van der Waals surface area contributed by atoms with Crippen molar-refractivity contribution in [1.29, 1.82) is 0 Å². The molecule has 1 N–H and O–H groups in total. The van der Waals surface area contributed by atoms with Crippen molar-refractivity contribution in [3.63, 3.8) is 0 Å². The largest absolute Gasteiger partial charge is 0.367 e. The van der Waals surface area contributed by atoms with Crippen LogP contribution in [0.25, 0.3) is 11.1 Å². The fraction of sp³-hybridized carbons (Fsp3) is 0. The van der Waals surface area contributed by atoms with E-state index in [2.05, 4.69) is 9.97 Å². The standard InChI is InChI=1S/C9H7ClN2/c10-9-3-8(5-12-6-9)7-1-2-11-4-7/h1-6,11H. The zero-order chi connectivity index (χ0) is 8.39. The molecule has 0 aliphatic heterocycles. The molecule has 2 aromatic heterocycles. The molecule has 3 heteroatoms. The quantitative estimate of drug-likeness (QED) is 0.715. The molecule has 0 bridgehead atoms. The summed E-state index contributed by atoms with van der Waals surface area (Å²) in [4.78, 5) is 6.97. The van der Waals surface area contributed by atoms with E-state index in [0.29, 0.717) is 5.02 Å². The van der Waals surface area contributed by atoms with Crippen LogP contribution in [0.4, 0.5) is 0 Å². The van der Waals surface area contributed by atoms with Gasteiger partial charge in [-0.25, -0.2) is 0 Å². The molecule has 0 saturated carbocycles. The van der Waals surface area contributed by atoms with Gasteiger partial charge in [0.1, 0.15) is 0 Å². The number of nitrogens with one attached hydrogen (secondary N) is 1. The Labute approximate surface area is 75.2 Å². The number of aromatic amines is 1. The maximum absolute atomic E-state index is 5.79. The van der Waals surface area contributed by atoms with E-state index >= 15 is 0 Å². The summed E-state index contributed by atoms with van der Waals surface area (Å²) in [5.74, 6) is 0. The summed E-state index contributed by atoms with van der Waals surface area (Å²) in [6, 6.07) is 3.87. The third-order valence-electron chi connectivity index (χ3n) is 1.64. The summed E-state index contributed by atoms with van der Waals surface area (Å²) in [5.41, 5.74) is 2.13. The van der Waals surface area contributed by atoms with Gasteiger partial charge in [0, 0.05) is 35.9 Å². The highest BCUT2D eigenvalue weighted by Gasteiger charge is 1.97. The molecule has 0 spiro atoms. The Morgan fingerprint density at radius 3 is 2.83 bits per heavy atom. The minimum atomic E-state index is 0.661. The summed E-state index contributed by atoms with van der Waals surface area (Å²) >= 11 is 5.79. The van der Waals surface area contributed by atoms with Crippen molar-refractivity contribution in [1.82, 2.24) is 9.97 Å². The zero-order valence-electron chi connectivity index (χ0n) is 6.29. The van der Waals surface area contributed by atoms with Crippen LogP contribution < -0.4 is 0 Å². The Morgan fingerprint density at radius 2 is 2.17 bits per heavy atom. The van der Waals surface area contributed by atoms with Crippen molar-refractivity contribution >= 4 is 11.6 Å². The molecule has 0 fully saturated rings. The van der Waals surface area contributed by atoms with Crippen molar-refractivity contribution in [2.75, 3.05) is 0 Å². The summed E-state index contributed by atoms with van der Waals surface area (Å²) in [6.45, 7) is 0. The van der Waals surface area contributed by atoms with Gasteiger partial charge in [-0.2, -0.15) is 0 Å². The molecule has 0 aliphatic rings. The maximum atomic E-state index is 5.79. The second-order valence-electron chi connectivity index (χ2n) is 2.49. The van der Waals surface area contributed by atoms with Crippen LogP contribution in [0.3, 0.4) is 0 Å². The van der Waals surface area contributed by atoms with Crippen molar-refractivity contribution < 1.29 is 0 Å². The first kappa shape index (κ1) is 7.37. The number of nitrogens with zero attached hydrogens (tertiary/aromatic N) is 1. The SMILES string of the molecule is Clc1cncc(-c2cc[nH]c2)c1. The molecule has 0 amide bonds. The van der Waals surface area contributed by atoms with E-state index in [9.17, 15) is 0 Å². The Kier molecular flexibility index (Phi) is 1.84. The highest BCUT2D eigenvalue weighted by molar-refractivity contribution is 6.30. The molecular weight excluding hydrogens is 172 g/mol. The van der Waals surface area contributed by atoms with E-state index in [1.54, 1.807) is 12.4 Å². The molecule has 0 unspecified atom stereocenters. The van der Waals surface area contributed by atoms with Gasteiger partial charge in [0.15, 0.2) is 0 Å². The fourth-order valence-corrected chi connectivity index (χ4v) is 1.25. The lowest BCUT2D eigenvalue weighted by Gasteiger charge is -1.95. The molecule has 0 atom stereocenters. The number of hydrogen-bond donors (Lipinski definition) is 1. The van der Waals surface area contributed by atoms with Gasteiger partial charge < -0.3 is 4.98 Å². The summed E-state index contributed by atoms with van der Waals surface area (Å²) in [7, 11) is 0. The fourth-order valence-electron chi connectivity index (χ4n) is 1.07. The van der Waals surface area contributed by atoms with Crippen LogP contribution in [0.5, 0.6) is 0 Å². The predicted molar refractivity (Wildman–Crippen MR) is 49.0 cm³/mol. The average molecular weight is 179 g/mol. The molecule has 2 heterocycles. The Balaban J connectivity index is 2.48. The van der Waals surface area contributed by atoms with Crippen molar-refractivity contribution in [2.24, 2.45) is 0 Å². The molecule has 0 aromatic carbocycles. The molecule has 12 heavy (non-hydrogen) atoms. The van der Waals surface area contributed by atoms with E-state index in [4.69, 9.17) is 11.6 Å². The number of rotatable bonds is 1. The first-order valence-corrected chi connectivity index (χ1v) is 3.98. The molecule has 2 aromatic rings. The van der Waals surface area contributed by atoms with Crippen LogP contribution in [-0.2, 0) is 0 Å². The number of H-pyrrole nitrogens is 1. The zero-order valence-corrected chi connectivity index (χ0v) is 7.05. The van der Waals surface area contributed by atoms with Gasteiger partial charge in [-0.15, -0.1) is 0 Å². The van der Waals surface area contributed by atoms with Crippen molar-refractivity contribution in [2.45, 2.75) is 0 Å². The second-order valence-corrected chi connectivity index (χ2v) is 2.93. The molecule has 2 rings (SSSR count). The lowest BCUT2D eigenvalue weighted by molar-refractivity contribution is 1.33. The van der Waals surface area contributed by atoms with Crippen LogP contribution >= 0.6 is 11.6 Å². The molecule has 0 aliphatic carbocycles. The smallest absolute Gasteiger partial charge is 0.0595 e. The lowest BCUT2D eigenvalue weighted by Crippen LogP contribution is -1.76. The number of hydrogen-bond acceptors (Lipinski definition) is 1. The average Bonchev–Trinajstić information content (AvgIpc) is 2.56.